The van der Waals surface area contributed by atoms with Crippen LogP contribution in [0.5, 0.6) is 5.75 Å². The fraction of sp³-hybridized carbons (Fsp3) is 0.440. The molecule has 1 saturated heterocycles. The third-order valence-corrected chi connectivity index (χ3v) is 7.87. The Labute approximate surface area is 222 Å². The molecule has 2 aliphatic heterocycles. The monoisotopic (exact) mass is 547 g/mol. The third kappa shape index (κ3) is 5.12. The summed E-state index contributed by atoms with van der Waals surface area (Å²) < 4.78 is 46.0. The first-order chi connectivity index (χ1) is 18.0. The van der Waals surface area contributed by atoms with Crippen molar-refractivity contribution < 1.29 is 22.7 Å². The first-order valence-electron chi connectivity index (χ1n) is 12.1. The van der Waals surface area contributed by atoms with Gasteiger partial charge in [0.25, 0.3) is 5.91 Å². The van der Waals surface area contributed by atoms with Crippen molar-refractivity contribution in [2.45, 2.75) is 31.9 Å². The summed E-state index contributed by atoms with van der Waals surface area (Å²) in [6, 6.07) is 5.95. The summed E-state index contributed by atoms with van der Waals surface area (Å²) in [6.45, 7) is 2.30. The van der Waals surface area contributed by atoms with Crippen LogP contribution in [-0.4, -0.2) is 72.8 Å². The van der Waals surface area contributed by atoms with Crippen LogP contribution >= 0.6 is 11.3 Å². The van der Waals surface area contributed by atoms with Gasteiger partial charge in [0, 0.05) is 7.05 Å². The van der Waals surface area contributed by atoms with Gasteiger partial charge in [-0.2, -0.15) is 18.2 Å². The van der Waals surface area contributed by atoms with Crippen molar-refractivity contribution in [1.29, 1.82) is 0 Å². The minimum absolute atomic E-state index is 0.0436. The van der Waals surface area contributed by atoms with Gasteiger partial charge in [0.15, 0.2) is 11.5 Å². The van der Waals surface area contributed by atoms with Crippen molar-refractivity contribution in [1.82, 2.24) is 19.9 Å². The maximum Gasteiger partial charge on any atom is 0.406 e. The molecule has 0 spiro atoms. The number of thiazole rings is 1. The highest BCUT2D eigenvalue weighted by Crippen LogP contribution is 2.43. The molecule has 0 aliphatic carbocycles. The van der Waals surface area contributed by atoms with Crippen LogP contribution in [0.1, 0.15) is 39.8 Å². The van der Waals surface area contributed by atoms with E-state index >= 15 is 0 Å². The Bertz CT molecular complexity index is 1360. The molecule has 1 N–H and O–H groups in total. The van der Waals surface area contributed by atoms with E-state index in [9.17, 15) is 18.0 Å². The molecule has 0 bridgehead atoms. The molecule has 0 atom stereocenters. The molecule has 5 rings (SSSR count). The van der Waals surface area contributed by atoms with Gasteiger partial charge in [-0.25, -0.2) is 9.97 Å². The fourth-order valence-corrected chi connectivity index (χ4v) is 5.71. The number of rotatable bonds is 5. The van der Waals surface area contributed by atoms with Crippen molar-refractivity contribution in [2.24, 2.45) is 0 Å². The second kappa shape index (κ2) is 10.0. The maximum atomic E-state index is 13.5. The van der Waals surface area contributed by atoms with E-state index in [2.05, 4.69) is 32.2 Å². The average molecular weight is 548 g/mol. The van der Waals surface area contributed by atoms with Gasteiger partial charge in [-0.1, -0.05) is 6.07 Å². The number of aromatic nitrogens is 3. The summed E-state index contributed by atoms with van der Waals surface area (Å²) in [5, 5.41) is 4.12. The van der Waals surface area contributed by atoms with Crippen LogP contribution in [0.15, 0.2) is 24.4 Å². The molecule has 3 aromatic rings. The molecular weight excluding hydrogens is 519 g/mol. The summed E-state index contributed by atoms with van der Waals surface area (Å²) in [5.41, 5.74) is 1.72. The number of hydrogen-bond acceptors (Lipinski definition) is 9. The highest BCUT2D eigenvalue weighted by molar-refractivity contribution is 7.16. The largest absolute Gasteiger partial charge is 0.495 e. The van der Waals surface area contributed by atoms with Gasteiger partial charge in [-0.3, -0.25) is 9.69 Å². The van der Waals surface area contributed by atoms with E-state index in [1.807, 2.05) is 18.2 Å². The molecule has 9 nitrogen and oxygen atoms in total. The van der Waals surface area contributed by atoms with Gasteiger partial charge >= 0.3 is 6.18 Å². The van der Waals surface area contributed by atoms with Crippen LogP contribution in [0.2, 0.25) is 0 Å². The van der Waals surface area contributed by atoms with Crippen LogP contribution in [-0.2, 0) is 0 Å². The number of piperidine rings is 1. The molecular formula is C25H28F3N7O2S. The Morgan fingerprint density at radius 3 is 2.61 bits per heavy atom. The third-order valence-electron chi connectivity index (χ3n) is 6.83. The predicted octanol–water partition coefficient (Wildman–Crippen LogP) is 5.09. The van der Waals surface area contributed by atoms with Crippen LogP contribution in [0, 0.1) is 6.92 Å². The molecule has 2 aliphatic rings. The number of anilines is 5. The van der Waals surface area contributed by atoms with E-state index in [4.69, 9.17) is 4.74 Å². The van der Waals surface area contributed by atoms with Crippen molar-refractivity contribution in [2.75, 3.05) is 56.0 Å². The van der Waals surface area contributed by atoms with E-state index in [0.717, 1.165) is 25.9 Å². The normalized spacial score (nSPS) is 16.8. The van der Waals surface area contributed by atoms with E-state index < -0.39 is 18.6 Å². The molecule has 13 heteroatoms. The number of benzene rings is 1. The zero-order chi connectivity index (χ0) is 27.2. The molecule has 4 heterocycles. The smallest absolute Gasteiger partial charge is 0.406 e. The number of carbonyl (C=O) groups excluding carboxylic acids is 1. The van der Waals surface area contributed by atoms with Crippen molar-refractivity contribution in [3.8, 4) is 5.75 Å². The topological polar surface area (TPSA) is 86.7 Å². The summed E-state index contributed by atoms with van der Waals surface area (Å²) >= 11 is 1.21. The zero-order valence-electron chi connectivity index (χ0n) is 21.5. The quantitative estimate of drug-likeness (QED) is 0.473. The van der Waals surface area contributed by atoms with Gasteiger partial charge in [0.2, 0.25) is 5.95 Å². The minimum atomic E-state index is -4.62. The lowest BCUT2D eigenvalue weighted by molar-refractivity contribution is -0.118. The molecule has 38 heavy (non-hydrogen) atoms. The zero-order valence-corrected chi connectivity index (χ0v) is 22.3. The number of aryl methyl sites for hydroxylation is 1. The highest BCUT2D eigenvalue weighted by Gasteiger charge is 2.40. The minimum Gasteiger partial charge on any atom is -0.495 e. The lowest BCUT2D eigenvalue weighted by Gasteiger charge is -2.29. The van der Waals surface area contributed by atoms with Crippen LogP contribution in [0.25, 0.3) is 0 Å². The van der Waals surface area contributed by atoms with E-state index in [0.29, 0.717) is 32.3 Å². The van der Waals surface area contributed by atoms with Gasteiger partial charge in [-0.05, 0) is 63.5 Å². The van der Waals surface area contributed by atoms with Crippen molar-refractivity contribution >= 4 is 45.4 Å². The highest BCUT2D eigenvalue weighted by atomic mass is 32.1. The number of amides is 1. The second-order valence-electron chi connectivity index (χ2n) is 9.52. The molecule has 1 fully saturated rings. The Kier molecular flexibility index (Phi) is 6.90. The Morgan fingerprint density at radius 1 is 1.18 bits per heavy atom. The Balaban J connectivity index is 1.49. The van der Waals surface area contributed by atoms with Crippen LogP contribution < -0.4 is 19.9 Å². The Hall–Kier alpha value is -3.45. The van der Waals surface area contributed by atoms with Gasteiger partial charge in [0.1, 0.15) is 23.0 Å². The number of halogens is 3. The number of fused-ring (bicyclic) bond motifs is 2. The van der Waals surface area contributed by atoms with Crippen molar-refractivity contribution in [3.63, 3.8) is 0 Å². The summed E-state index contributed by atoms with van der Waals surface area (Å²) in [7, 11) is 5.35. The predicted molar refractivity (Wildman–Crippen MR) is 140 cm³/mol. The standard InChI is InChI=1S/C25H28F3N7O2S/c1-14-30-20-22(36)35(13-25(26,27)28)18-12-29-24(32-21(18)34(3)23(20)38-14)31-17-6-5-16(11-19(17)37-4)15-7-9-33(2)10-8-15/h5-6,11-12,15H,7-10,13H2,1-4H3,(H,29,31,32). The summed E-state index contributed by atoms with van der Waals surface area (Å²) in [6.07, 6.45) is -1.26. The van der Waals surface area contributed by atoms with E-state index in [-0.39, 0.29) is 23.1 Å². The number of carbonyl (C=O) groups is 1. The summed E-state index contributed by atoms with van der Waals surface area (Å²) in [4.78, 5) is 30.6. The molecule has 0 radical (unpaired) electrons. The van der Waals surface area contributed by atoms with E-state index in [1.54, 1.807) is 26.0 Å². The molecule has 2 aromatic heterocycles. The number of nitrogens with one attached hydrogen (secondary N) is 1. The molecule has 0 saturated carbocycles. The summed E-state index contributed by atoms with van der Waals surface area (Å²) in [5.74, 6) is 0.528. The lowest BCUT2D eigenvalue weighted by Crippen LogP contribution is -2.39. The van der Waals surface area contributed by atoms with E-state index in [1.165, 1.54) is 23.1 Å². The van der Waals surface area contributed by atoms with Gasteiger partial charge in [0.05, 0.1) is 24.0 Å². The lowest BCUT2D eigenvalue weighted by atomic mass is 9.89. The van der Waals surface area contributed by atoms with Gasteiger partial charge in [-0.15, -0.1) is 11.3 Å². The fourth-order valence-electron chi connectivity index (χ4n) is 4.84. The maximum absolute atomic E-state index is 13.5. The van der Waals surface area contributed by atoms with Crippen molar-refractivity contribution in [3.05, 3.63) is 40.7 Å². The number of methoxy groups -OCH3 is 1. The van der Waals surface area contributed by atoms with Crippen LogP contribution in [0.3, 0.4) is 0 Å². The number of alkyl halides is 3. The first-order valence-corrected chi connectivity index (χ1v) is 13.0. The molecule has 1 aromatic carbocycles. The Morgan fingerprint density at radius 2 is 1.92 bits per heavy atom. The SMILES string of the molecule is COc1cc(C2CCN(C)CC2)ccc1Nc1ncc2c(n1)N(C)c1sc(C)nc1C(=O)N2CC(F)(F)F. The average Bonchev–Trinajstić information content (AvgIpc) is 3.25. The number of likely N-dealkylation sites (tertiary alicyclic amines) is 1. The second-order valence-corrected chi connectivity index (χ2v) is 10.7. The molecule has 1 amide bonds. The number of ether oxygens (including phenoxy) is 1. The van der Waals surface area contributed by atoms with Gasteiger partial charge < -0.3 is 19.9 Å². The molecule has 202 valence electrons. The number of nitrogens with zero attached hydrogens (tertiary/aromatic N) is 6. The number of hydrogen-bond donors (Lipinski definition) is 1. The van der Waals surface area contributed by atoms with Crippen LogP contribution in [0.4, 0.5) is 41.3 Å². The molecule has 0 unspecified atom stereocenters. The first kappa shape index (κ1) is 26.2.